The highest BCUT2D eigenvalue weighted by molar-refractivity contribution is 6.02. The van der Waals surface area contributed by atoms with Crippen LogP contribution in [0.25, 0.3) is 11.0 Å². The van der Waals surface area contributed by atoms with E-state index < -0.39 is 18.5 Å². The van der Waals surface area contributed by atoms with Crippen molar-refractivity contribution in [3.8, 4) is 11.5 Å². The van der Waals surface area contributed by atoms with Crippen LogP contribution in [0.2, 0.25) is 0 Å². The van der Waals surface area contributed by atoms with Gasteiger partial charge in [0, 0.05) is 18.1 Å². The zero-order valence-corrected chi connectivity index (χ0v) is 15.8. The van der Waals surface area contributed by atoms with Gasteiger partial charge < -0.3 is 14.8 Å². The number of hydrogen-bond donors (Lipinski definition) is 1. The van der Waals surface area contributed by atoms with Gasteiger partial charge in [-0.15, -0.1) is 0 Å². The Hall–Kier alpha value is -4.26. The molecule has 7 nitrogen and oxygen atoms in total. The minimum absolute atomic E-state index is 0.260. The number of para-hydroxylation sites is 2. The molecule has 0 saturated carbocycles. The number of nitrogens with one attached hydrogen (secondary N) is 1. The topological polar surface area (TPSA) is 90.4 Å². The SMILES string of the molecule is O=C(COC(=O)c1cccc2nccnc12)Nc1ccc(Oc2ccccc2)cc1. The highest BCUT2D eigenvalue weighted by Crippen LogP contribution is 2.22. The van der Waals surface area contributed by atoms with E-state index in [-0.39, 0.29) is 5.56 Å². The molecule has 4 rings (SSSR count). The molecule has 0 bridgehead atoms. The fraction of sp³-hybridized carbons (Fsp3) is 0.0435. The highest BCUT2D eigenvalue weighted by atomic mass is 16.5. The number of benzene rings is 3. The van der Waals surface area contributed by atoms with Gasteiger partial charge >= 0.3 is 5.97 Å². The van der Waals surface area contributed by atoms with Gasteiger partial charge in [0.25, 0.3) is 5.91 Å². The Labute approximate surface area is 172 Å². The first-order chi connectivity index (χ1) is 14.7. The van der Waals surface area contributed by atoms with Gasteiger partial charge in [0.1, 0.15) is 17.0 Å². The molecule has 1 N–H and O–H groups in total. The van der Waals surface area contributed by atoms with Gasteiger partial charge in [-0.05, 0) is 48.5 Å². The maximum absolute atomic E-state index is 12.3. The largest absolute Gasteiger partial charge is 0.457 e. The lowest BCUT2D eigenvalue weighted by Gasteiger charge is -2.09. The number of carbonyl (C=O) groups excluding carboxylic acids is 2. The minimum atomic E-state index is -0.636. The van der Waals surface area contributed by atoms with E-state index in [1.54, 1.807) is 48.7 Å². The first-order valence-corrected chi connectivity index (χ1v) is 9.19. The molecule has 148 valence electrons. The van der Waals surface area contributed by atoms with Crippen LogP contribution in [-0.4, -0.2) is 28.5 Å². The summed E-state index contributed by atoms with van der Waals surface area (Å²) < 4.78 is 10.8. The van der Waals surface area contributed by atoms with E-state index in [1.807, 2.05) is 30.3 Å². The fourth-order valence-corrected chi connectivity index (χ4v) is 2.79. The van der Waals surface area contributed by atoms with Gasteiger partial charge in [0.05, 0.1) is 11.1 Å². The van der Waals surface area contributed by atoms with E-state index in [2.05, 4.69) is 15.3 Å². The van der Waals surface area contributed by atoms with Crippen molar-refractivity contribution in [3.05, 3.63) is 90.8 Å². The molecule has 4 aromatic rings. The number of anilines is 1. The van der Waals surface area contributed by atoms with Crippen molar-refractivity contribution < 1.29 is 19.1 Å². The lowest BCUT2D eigenvalue weighted by atomic mass is 10.2. The Morgan fingerprint density at radius 1 is 0.800 bits per heavy atom. The quantitative estimate of drug-likeness (QED) is 0.488. The average molecular weight is 399 g/mol. The predicted octanol–water partition coefficient (Wildman–Crippen LogP) is 4.22. The predicted molar refractivity (Wildman–Crippen MR) is 111 cm³/mol. The molecule has 1 heterocycles. The fourth-order valence-electron chi connectivity index (χ4n) is 2.79. The number of amides is 1. The van der Waals surface area contributed by atoms with Crippen molar-refractivity contribution in [1.29, 1.82) is 0 Å². The van der Waals surface area contributed by atoms with E-state index in [4.69, 9.17) is 9.47 Å². The molecule has 0 saturated heterocycles. The Morgan fingerprint density at radius 2 is 1.53 bits per heavy atom. The molecule has 0 radical (unpaired) electrons. The van der Waals surface area contributed by atoms with E-state index >= 15 is 0 Å². The summed E-state index contributed by atoms with van der Waals surface area (Å²) in [7, 11) is 0. The maximum atomic E-state index is 12.3. The number of hydrogen-bond acceptors (Lipinski definition) is 6. The van der Waals surface area contributed by atoms with Gasteiger partial charge in [0.2, 0.25) is 0 Å². The molecule has 1 amide bonds. The number of ether oxygens (including phenoxy) is 2. The number of fused-ring (bicyclic) bond motifs is 1. The molecule has 30 heavy (non-hydrogen) atoms. The Morgan fingerprint density at radius 3 is 2.33 bits per heavy atom. The zero-order valence-electron chi connectivity index (χ0n) is 15.8. The molecule has 0 unspecified atom stereocenters. The number of esters is 1. The van der Waals surface area contributed by atoms with Gasteiger partial charge in [-0.25, -0.2) is 4.79 Å². The molecule has 0 aliphatic heterocycles. The van der Waals surface area contributed by atoms with Crippen LogP contribution in [0.3, 0.4) is 0 Å². The summed E-state index contributed by atoms with van der Waals surface area (Å²) in [6.45, 7) is -0.419. The summed E-state index contributed by atoms with van der Waals surface area (Å²) >= 11 is 0. The lowest BCUT2D eigenvalue weighted by Crippen LogP contribution is -2.21. The van der Waals surface area contributed by atoms with Crippen LogP contribution in [0.1, 0.15) is 10.4 Å². The summed E-state index contributed by atoms with van der Waals surface area (Å²) in [5.41, 5.74) is 1.83. The van der Waals surface area contributed by atoms with Gasteiger partial charge in [-0.3, -0.25) is 14.8 Å². The van der Waals surface area contributed by atoms with Crippen LogP contribution in [0.4, 0.5) is 5.69 Å². The van der Waals surface area contributed by atoms with Crippen molar-refractivity contribution in [2.45, 2.75) is 0 Å². The standard InChI is InChI=1S/C23H17N3O4/c27-21(15-29-23(28)19-7-4-8-20-22(19)25-14-13-24-20)26-16-9-11-18(12-10-16)30-17-5-2-1-3-6-17/h1-14H,15H2,(H,26,27). The molecule has 7 heteroatoms. The van der Waals surface area contributed by atoms with Crippen LogP contribution in [0.5, 0.6) is 11.5 Å². The number of nitrogens with zero attached hydrogens (tertiary/aromatic N) is 2. The van der Waals surface area contributed by atoms with Gasteiger partial charge in [-0.2, -0.15) is 0 Å². The van der Waals surface area contributed by atoms with Crippen LogP contribution < -0.4 is 10.1 Å². The minimum Gasteiger partial charge on any atom is -0.457 e. The average Bonchev–Trinajstić information content (AvgIpc) is 2.79. The normalized spacial score (nSPS) is 10.4. The van der Waals surface area contributed by atoms with Crippen LogP contribution in [-0.2, 0) is 9.53 Å². The van der Waals surface area contributed by atoms with E-state index in [0.717, 1.165) is 5.75 Å². The molecule has 0 spiro atoms. The van der Waals surface area contributed by atoms with Crippen molar-refractivity contribution in [1.82, 2.24) is 9.97 Å². The summed E-state index contributed by atoms with van der Waals surface area (Å²) in [5, 5.41) is 2.68. The van der Waals surface area contributed by atoms with Crippen LogP contribution in [0, 0.1) is 0 Å². The summed E-state index contributed by atoms with van der Waals surface area (Å²) in [6, 6.07) is 21.3. The first kappa shape index (κ1) is 19.1. The monoisotopic (exact) mass is 399 g/mol. The first-order valence-electron chi connectivity index (χ1n) is 9.19. The third-order valence-corrected chi connectivity index (χ3v) is 4.17. The molecule has 1 aromatic heterocycles. The lowest BCUT2D eigenvalue weighted by molar-refractivity contribution is -0.119. The van der Waals surface area contributed by atoms with Gasteiger partial charge in [-0.1, -0.05) is 24.3 Å². The third-order valence-electron chi connectivity index (χ3n) is 4.17. The molecular formula is C23H17N3O4. The number of aromatic nitrogens is 2. The second-order valence-corrected chi connectivity index (χ2v) is 6.29. The van der Waals surface area contributed by atoms with Crippen molar-refractivity contribution in [2.75, 3.05) is 11.9 Å². The van der Waals surface area contributed by atoms with Crippen molar-refractivity contribution in [2.24, 2.45) is 0 Å². The molecule has 0 aliphatic rings. The molecule has 0 atom stereocenters. The molecule has 3 aromatic carbocycles. The van der Waals surface area contributed by atoms with Crippen LogP contribution in [0.15, 0.2) is 85.2 Å². The molecule has 0 aliphatic carbocycles. The van der Waals surface area contributed by atoms with E-state index in [9.17, 15) is 9.59 Å². The number of carbonyl (C=O) groups is 2. The Bertz CT molecular complexity index is 1170. The Kier molecular flexibility index (Phi) is 5.61. The smallest absolute Gasteiger partial charge is 0.340 e. The molecular weight excluding hydrogens is 382 g/mol. The van der Waals surface area contributed by atoms with E-state index in [0.29, 0.717) is 22.5 Å². The summed E-state index contributed by atoms with van der Waals surface area (Å²) in [6.07, 6.45) is 3.04. The van der Waals surface area contributed by atoms with Gasteiger partial charge in [0.15, 0.2) is 6.61 Å². The summed E-state index contributed by atoms with van der Waals surface area (Å²) in [4.78, 5) is 32.8. The van der Waals surface area contributed by atoms with Crippen molar-refractivity contribution in [3.63, 3.8) is 0 Å². The second-order valence-electron chi connectivity index (χ2n) is 6.29. The summed E-state index contributed by atoms with van der Waals surface area (Å²) in [5.74, 6) is 0.274. The number of rotatable bonds is 6. The molecule has 0 fully saturated rings. The highest BCUT2D eigenvalue weighted by Gasteiger charge is 2.14. The van der Waals surface area contributed by atoms with Crippen molar-refractivity contribution >= 4 is 28.6 Å². The third kappa shape index (κ3) is 4.59. The maximum Gasteiger partial charge on any atom is 0.340 e. The Balaban J connectivity index is 1.33. The zero-order chi connectivity index (χ0) is 20.8. The second kappa shape index (κ2) is 8.83. The van der Waals surface area contributed by atoms with Crippen LogP contribution >= 0.6 is 0 Å². The van der Waals surface area contributed by atoms with E-state index in [1.165, 1.54) is 6.20 Å².